The van der Waals surface area contributed by atoms with Crippen molar-refractivity contribution in [2.24, 2.45) is 5.73 Å². The molecule has 0 atom stereocenters. The first-order chi connectivity index (χ1) is 8.99. The lowest BCUT2D eigenvalue weighted by atomic mass is 9.90. The van der Waals surface area contributed by atoms with Crippen molar-refractivity contribution >= 4 is 40.1 Å². The van der Waals surface area contributed by atoms with Crippen molar-refractivity contribution in [3.05, 3.63) is 32.4 Å². The van der Waals surface area contributed by atoms with Gasteiger partial charge in [0.05, 0.1) is 5.02 Å². The van der Waals surface area contributed by atoms with Crippen LogP contribution in [0.15, 0.2) is 18.2 Å². The van der Waals surface area contributed by atoms with Crippen LogP contribution in [0.25, 0.3) is 0 Å². The standard InChI is InChI=1S/C14H18ClIN2O/c1-18(11-5-3-10(17)4-6-11)14(19)9-2-7-13(16)12(15)8-9/h2,7-8,10-11H,3-6,17H2,1H3. The molecule has 3 nitrogen and oxygen atoms in total. The Morgan fingerprint density at radius 1 is 1.37 bits per heavy atom. The van der Waals surface area contributed by atoms with E-state index in [2.05, 4.69) is 22.6 Å². The third-order valence-electron chi connectivity index (χ3n) is 3.78. The summed E-state index contributed by atoms with van der Waals surface area (Å²) in [6, 6.07) is 6.05. The lowest BCUT2D eigenvalue weighted by Gasteiger charge is -2.33. The summed E-state index contributed by atoms with van der Waals surface area (Å²) in [6.45, 7) is 0. The average Bonchev–Trinajstić information content (AvgIpc) is 2.41. The minimum Gasteiger partial charge on any atom is -0.339 e. The molecule has 0 bridgehead atoms. The lowest BCUT2D eigenvalue weighted by molar-refractivity contribution is 0.0690. The van der Waals surface area contributed by atoms with Crippen LogP contribution in [0.5, 0.6) is 0 Å². The van der Waals surface area contributed by atoms with Gasteiger partial charge in [0.1, 0.15) is 0 Å². The fourth-order valence-electron chi connectivity index (χ4n) is 2.49. The zero-order valence-corrected chi connectivity index (χ0v) is 13.8. The summed E-state index contributed by atoms with van der Waals surface area (Å²) in [5.74, 6) is 0.0405. The van der Waals surface area contributed by atoms with Crippen LogP contribution in [0.3, 0.4) is 0 Å². The highest BCUT2D eigenvalue weighted by Gasteiger charge is 2.25. The van der Waals surface area contributed by atoms with E-state index in [0.29, 0.717) is 22.7 Å². The molecule has 1 aromatic rings. The van der Waals surface area contributed by atoms with Gasteiger partial charge in [-0.15, -0.1) is 0 Å². The van der Waals surface area contributed by atoms with Crippen LogP contribution < -0.4 is 5.73 Å². The molecule has 1 fully saturated rings. The fraction of sp³-hybridized carbons (Fsp3) is 0.500. The van der Waals surface area contributed by atoms with Crippen molar-refractivity contribution in [2.75, 3.05) is 7.05 Å². The van der Waals surface area contributed by atoms with Crippen molar-refractivity contribution in [3.63, 3.8) is 0 Å². The molecule has 0 aromatic heterocycles. The minimum atomic E-state index is 0.0405. The maximum atomic E-state index is 12.4. The van der Waals surface area contributed by atoms with E-state index in [-0.39, 0.29) is 5.91 Å². The number of nitrogens with zero attached hydrogens (tertiary/aromatic N) is 1. The molecule has 0 heterocycles. The second kappa shape index (κ2) is 6.41. The number of amides is 1. The normalized spacial score (nSPS) is 23.2. The van der Waals surface area contributed by atoms with Crippen LogP contribution in [0, 0.1) is 3.57 Å². The molecule has 0 radical (unpaired) electrons. The highest BCUT2D eigenvalue weighted by atomic mass is 127. The van der Waals surface area contributed by atoms with E-state index in [9.17, 15) is 4.79 Å². The largest absolute Gasteiger partial charge is 0.339 e. The minimum absolute atomic E-state index is 0.0405. The van der Waals surface area contributed by atoms with Gasteiger partial charge in [-0.1, -0.05) is 11.6 Å². The Labute approximate surface area is 132 Å². The maximum absolute atomic E-state index is 12.4. The number of hydrogen-bond acceptors (Lipinski definition) is 2. The van der Waals surface area contributed by atoms with E-state index in [4.69, 9.17) is 17.3 Å². The number of halogens is 2. The van der Waals surface area contributed by atoms with E-state index in [1.807, 2.05) is 24.1 Å². The molecule has 1 aliphatic rings. The van der Waals surface area contributed by atoms with Crippen molar-refractivity contribution in [1.29, 1.82) is 0 Å². The van der Waals surface area contributed by atoms with Gasteiger partial charge in [-0.25, -0.2) is 0 Å². The number of carbonyl (C=O) groups is 1. The number of rotatable bonds is 2. The molecule has 5 heteroatoms. The molecule has 0 spiro atoms. The predicted molar refractivity (Wildman–Crippen MR) is 86.5 cm³/mol. The van der Waals surface area contributed by atoms with E-state index < -0.39 is 0 Å². The number of benzene rings is 1. The molecular weight excluding hydrogens is 375 g/mol. The molecule has 0 aliphatic heterocycles. The van der Waals surface area contributed by atoms with Gasteiger partial charge in [0.15, 0.2) is 0 Å². The Morgan fingerprint density at radius 2 is 2.00 bits per heavy atom. The van der Waals surface area contributed by atoms with E-state index in [0.717, 1.165) is 29.3 Å². The summed E-state index contributed by atoms with van der Waals surface area (Å²) in [5, 5.41) is 0.630. The third-order valence-corrected chi connectivity index (χ3v) is 5.35. The number of carbonyl (C=O) groups excluding carboxylic acids is 1. The highest BCUT2D eigenvalue weighted by molar-refractivity contribution is 14.1. The molecule has 1 saturated carbocycles. The first kappa shape index (κ1) is 15.1. The van der Waals surface area contributed by atoms with Crippen molar-refractivity contribution in [1.82, 2.24) is 4.90 Å². The van der Waals surface area contributed by atoms with Crippen LogP contribution in [-0.2, 0) is 0 Å². The first-order valence-corrected chi connectivity index (χ1v) is 7.92. The topological polar surface area (TPSA) is 46.3 Å². The van der Waals surface area contributed by atoms with Crippen LogP contribution in [0.4, 0.5) is 0 Å². The van der Waals surface area contributed by atoms with E-state index in [1.165, 1.54) is 0 Å². The van der Waals surface area contributed by atoms with Gasteiger partial charge in [-0.2, -0.15) is 0 Å². The zero-order chi connectivity index (χ0) is 14.0. The average molecular weight is 393 g/mol. The van der Waals surface area contributed by atoms with Crippen LogP contribution in [0.1, 0.15) is 36.0 Å². The van der Waals surface area contributed by atoms with Crippen molar-refractivity contribution in [2.45, 2.75) is 37.8 Å². The zero-order valence-electron chi connectivity index (χ0n) is 10.9. The molecule has 1 amide bonds. The van der Waals surface area contributed by atoms with Crippen molar-refractivity contribution < 1.29 is 4.79 Å². The van der Waals surface area contributed by atoms with Crippen LogP contribution >= 0.6 is 34.2 Å². The molecule has 0 saturated heterocycles. The quantitative estimate of drug-likeness (QED) is 0.785. The lowest BCUT2D eigenvalue weighted by Crippen LogP contribution is -2.41. The van der Waals surface area contributed by atoms with Crippen molar-refractivity contribution in [3.8, 4) is 0 Å². The van der Waals surface area contributed by atoms with Gasteiger partial charge in [-0.05, 0) is 66.5 Å². The first-order valence-electron chi connectivity index (χ1n) is 6.47. The van der Waals surface area contributed by atoms with E-state index >= 15 is 0 Å². The number of hydrogen-bond donors (Lipinski definition) is 1. The monoisotopic (exact) mass is 392 g/mol. The van der Waals surface area contributed by atoms with Gasteiger partial charge >= 0.3 is 0 Å². The number of nitrogens with two attached hydrogens (primary N) is 1. The van der Waals surface area contributed by atoms with Gasteiger partial charge < -0.3 is 10.6 Å². The van der Waals surface area contributed by atoms with Gasteiger partial charge in [0.25, 0.3) is 5.91 Å². The molecule has 1 aromatic carbocycles. The smallest absolute Gasteiger partial charge is 0.253 e. The van der Waals surface area contributed by atoms with Crippen LogP contribution in [0.2, 0.25) is 5.02 Å². The Balaban J connectivity index is 2.08. The molecule has 0 unspecified atom stereocenters. The SMILES string of the molecule is CN(C(=O)c1ccc(I)c(Cl)c1)C1CCC(N)CC1. The summed E-state index contributed by atoms with van der Waals surface area (Å²) >= 11 is 8.23. The summed E-state index contributed by atoms with van der Waals surface area (Å²) in [7, 11) is 1.87. The summed E-state index contributed by atoms with van der Waals surface area (Å²) < 4.78 is 0.960. The van der Waals surface area contributed by atoms with Gasteiger partial charge in [0, 0.05) is 28.3 Å². The van der Waals surface area contributed by atoms with Crippen LogP contribution in [-0.4, -0.2) is 29.9 Å². The Morgan fingerprint density at radius 3 is 2.58 bits per heavy atom. The molecule has 19 heavy (non-hydrogen) atoms. The predicted octanol–water partition coefficient (Wildman–Crippen LogP) is 3.29. The second-order valence-electron chi connectivity index (χ2n) is 5.11. The Hall–Kier alpha value is -0.330. The summed E-state index contributed by atoms with van der Waals surface area (Å²) in [6.07, 6.45) is 3.97. The van der Waals surface area contributed by atoms with Gasteiger partial charge in [-0.3, -0.25) is 4.79 Å². The van der Waals surface area contributed by atoms with Gasteiger partial charge in [0.2, 0.25) is 0 Å². The fourth-order valence-corrected chi connectivity index (χ4v) is 3.00. The Bertz CT molecular complexity index is 473. The second-order valence-corrected chi connectivity index (χ2v) is 6.68. The highest BCUT2D eigenvalue weighted by Crippen LogP contribution is 2.24. The molecule has 104 valence electrons. The van der Waals surface area contributed by atoms with E-state index in [1.54, 1.807) is 6.07 Å². The Kier molecular flexibility index (Phi) is 5.09. The maximum Gasteiger partial charge on any atom is 0.253 e. The summed E-state index contributed by atoms with van der Waals surface area (Å²) in [4.78, 5) is 14.3. The third kappa shape index (κ3) is 3.61. The molecule has 1 aliphatic carbocycles. The molecule has 2 rings (SSSR count). The molecular formula is C14H18ClIN2O. The molecule has 2 N–H and O–H groups in total. The summed E-state index contributed by atoms with van der Waals surface area (Å²) in [5.41, 5.74) is 6.55.